The first-order valence-electron chi connectivity index (χ1n) is 5.35. The Labute approximate surface area is 112 Å². The molecule has 8 heteroatoms. The average molecular weight is 291 g/mol. The highest BCUT2D eigenvalue weighted by atomic mass is 35.5. The zero-order valence-electron chi connectivity index (χ0n) is 10.4. The molecule has 0 amide bonds. The van der Waals surface area contributed by atoms with Crippen molar-refractivity contribution in [3.8, 4) is 5.82 Å². The molecule has 102 valence electrons. The summed E-state index contributed by atoms with van der Waals surface area (Å²) in [5, 5.41) is 3.40. The van der Waals surface area contributed by atoms with Gasteiger partial charge in [-0.05, 0) is 20.8 Å². The van der Waals surface area contributed by atoms with Crippen molar-refractivity contribution in [3.05, 3.63) is 34.0 Å². The van der Waals surface area contributed by atoms with Gasteiger partial charge in [0, 0.05) is 17.3 Å². The number of hydrogen-bond acceptors (Lipinski definition) is 3. The van der Waals surface area contributed by atoms with Gasteiger partial charge in [0.25, 0.3) is 0 Å². The molecule has 2 rings (SSSR count). The Balaban J connectivity index is 2.64. The SMILES string of the molecule is Cc1cc(-n2nc(C(F)(F)F)c(C)c2Cl)nc(C)n1. The minimum atomic E-state index is -4.55. The minimum Gasteiger partial charge on any atom is -0.238 e. The molecule has 0 radical (unpaired) electrons. The predicted octanol–water partition coefficient (Wildman–Crippen LogP) is 3.26. The number of nitrogens with zero attached hydrogens (tertiary/aromatic N) is 4. The lowest BCUT2D eigenvalue weighted by atomic mass is 10.3. The Morgan fingerprint density at radius 2 is 1.79 bits per heavy atom. The molecule has 2 heterocycles. The van der Waals surface area contributed by atoms with Gasteiger partial charge in [0.1, 0.15) is 11.0 Å². The van der Waals surface area contributed by atoms with E-state index in [0.717, 1.165) is 4.68 Å². The van der Waals surface area contributed by atoms with Gasteiger partial charge in [-0.3, -0.25) is 0 Å². The summed E-state index contributed by atoms with van der Waals surface area (Å²) in [6, 6.07) is 1.52. The Kier molecular flexibility index (Phi) is 3.25. The molecule has 0 atom stereocenters. The molecule has 0 aromatic carbocycles. The highest BCUT2D eigenvalue weighted by Gasteiger charge is 2.38. The van der Waals surface area contributed by atoms with Gasteiger partial charge in [0.05, 0.1) is 0 Å². The fourth-order valence-electron chi connectivity index (χ4n) is 1.70. The molecule has 19 heavy (non-hydrogen) atoms. The van der Waals surface area contributed by atoms with Crippen LogP contribution in [-0.4, -0.2) is 19.7 Å². The van der Waals surface area contributed by atoms with E-state index < -0.39 is 11.9 Å². The Morgan fingerprint density at radius 3 is 2.26 bits per heavy atom. The molecule has 0 saturated carbocycles. The van der Waals surface area contributed by atoms with Crippen LogP contribution in [0, 0.1) is 20.8 Å². The molecule has 0 bridgehead atoms. The molecule has 0 aliphatic rings. The van der Waals surface area contributed by atoms with E-state index in [4.69, 9.17) is 11.6 Å². The van der Waals surface area contributed by atoms with Gasteiger partial charge in [0.2, 0.25) is 0 Å². The van der Waals surface area contributed by atoms with E-state index in [1.807, 2.05) is 0 Å². The second-order valence-electron chi connectivity index (χ2n) is 4.09. The van der Waals surface area contributed by atoms with Crippen molar-refractivity contribution in [1.82, 2.24) is 19.7 Å². The van der Waals surface area contributed by atoms with Gasteiger partial charge in [0.15, 0.2) is 11.5 Å². The van der Waals surface area contributed by atoms with E-state index in [0.29, 0.717) is 11.5 Å². The first kappa shape index (κ1) is 13.8. The third-order valence-electron chi connectivity index (χ3n) is 2.49. The van der Waals surface area contributed by atoms with Crippen LogP contribution in [0.25, 0.3) is 5.82 Å². The zero-order chi connectivity index (χ0) is 14.4. The van der Waals surface area contributed by atoms with Crippen LogP contribution in [0.4, 0.5) is 13.2 Å². The number of aryl methyl sites for hydroxylation is 2. The van der Waals surface area contributed by atoms with Gasteiger partial charge in [-0.2, -0.15) is 18.3 Å². The molecular weight excluding hydrogens is 281 g/mol. The second-order valence-corrected chi connectivity index (χ2v) is 4.45. The van der Waals surface area contributed by atoms with E-state index in [1.165, 1.54) is 13.0 Å². The molecule has 0 saturated heterocycles. The minimum absolute atomic E-state index is 0.107. The first-order chi connectivity index (χ1) is 8.70. The molecule has 0 unspecified atom stereocenters. The monoisotopic (exact) mass is 290 g/mol. The van der Waals surface area contributed by atoms with E-state index in [-0.39, 0.29) is 16.5 Å². The largest absolute Gasteiger partial charge is 0.435 e. The number of aromatic nitrogens is 4. The number of rotatable bonds is 1. The smallest absolute Gasteiger partial charge is 0.238 e. The zero-order valence-corrected chi connectivity index (χ0v) is 11.1. The van der Waals surface area contributed by atoms with Gasteiger partial charge in [-0.1, -0.05) is 11.6 Å². The summed E-state index contributed by atoms with van der Waals surface area (Å²) in [6.07, 6.45) is -4.55. The maximum absolute atomic E-state index is 12.7. The molecular formula is C11H10ClF3N4. The van der Waals surface area contributed by atoms with Crippen molar-refractivity contribution >= 4 is 11.6 Å². The topological polar surface area (TPSA) is 43.6 Å². The van der Waals surface area contributed by atoms with Crippen LogP contribution in [0.3, 0.4) is 0 Å². The van der Waals surface area contributed by atoms with Gasteiger partial charge in [-0.15, -0.1) is 0 Å². The van der Waals surface area contributed by atoms with Crippen LogP contribution in [0.5, 0.6) is 0 Å². The number of hydrogen-bond donors (Lipinski definition) is 0. The molecule has 0 N–H and O–H groups in total. The quantitative estimate of drug-likeness (QED) is 0.809. The first-order valence-corrected chi connectivity index (χ1v) is 5.73. The molecule has 0 fully saturated rings. The van der Waals surface area contributed by atoms with Crippen LogP contribution >= 0.6 is 11.6 Å². The van der Waals surface area contributed by atoms with Gasteiger partial charge in [-0.25, -0.2) is 14.6 Å². The van der Waals surface area contributed by atoms with E-state index in [1.54, 1.807) is 13.8 Å². The summed E-state index contributed by atoms with van der Waals surface area (Å²) in [5.41, 5.74) is -0.505. The van der Waals surface area contributed by atoms with E-state index >= 15 is 0 Å². The normalized spacial score (nSPS) is 11.9. The van der Waals surface area contributed by atoms with Gasteiger partial charge < -0.3 is 0 Å². The Hall–Kier alpha value is -1.63. The highest BCUT2D eigenvalue weighted by Crippen LogP contribution is 2.34. The van der Waals surface area contributed by atoms with E-state index in [2.05, 4.69) is 15.1 Å². The third kappa shape index (κ3) is 2.56. The highest BCUT2D eigenvalue weighted by molar-refractivity contribution is 6.30. The molecule has 2 aromatic heterocycles. The lowest BCUT2D eigenvalue weighted by Gasteiger charge is -2.04. The van der Waals surface area contributed by atoms with Crippen LogP contribution in [-0.2, 0) is 6.18 Å². The van der Waals surface area contributed by atoms with Crippen LogP contribution in [0.1, 0.15) is 22.8 Å². The molecule has 0 aliphatic heterocycles. The summed E-state index contributed by atoms with van der Waals surface area (Å²) in [5.74, 6) is 0.654. The number of alkyl halides is 3. The molecule has 0 spiro atoms. The van der Waals surface area contributed by atoms with Crippen molar-refractivity contribution in [2.24, 2.45) is 0 Å². The second kappa shape index (κ2) is 4.48. The Bertz CT molecular complexity index is 613. The summed E-state index contributed by atoms with van der Waals surface area (Å²) in [6.45, 7) is 4.63. The van der Waals surface area contributed by atoms with Crippen molar-refractivity contribution in [2.75, 3.05) is 0 Å². The lowest BCUT2D eigenvalue weighted by molar-refractivity contribution is -0.141. The van der Waals surface area contributed by atoms with Crippen molar-refractivity contribution in [1.29, 1.82) is 0 Å². The van der Waals surface area contributed by atoms with Crippen LogP contribution in [0.2, 0.25) is 5.15 Å². The molecule has 2 aromatic rings. The fraction of sp³-hybridized carbons (Fsp3) is 0.364. The summed E-state index contributed by atoms with van der Waals surface area (Å²) < 4.78 is 39.2. The number of halogens is 4. The third-order valence-corrected chi connectivity index (χ3v) is 2.93. The summed E-state index contributed by atoms with van der Waals surface area (Å²) in [7, 11) is 0. The molecule has 0 aliphatic carbocycles. The van der Waals surface area contributed by atoms with Crippen molar-refractivity contribution < 1.29 is 13.2 Å². The molecule has 4 nitrogen and oxygen atoms in total. The standard InChI is InChI=1S/C11H10ClF3N4/c1-5-4-8(17-7(3)16-5)19-10(12)6(2)9(18-19)11(13,14)15/h4H,1-3H3. The summed E-state index contributed by atoms with van der Waals surface area (Å²) >= 11 is 5.90. The predicted molar refractivity (Wildman–Crippen MR) is 63.4 cm³/mol. The van der Waals surface area contributed by atoms with Gasteiger partial charge >= 0.3 is 6.18 Å². The summed E-state index contributed by atoms with van der Waals surface area (Å²) in [4.78, 5) is 8.09. The van der Waals surface area contributed by atoms with Crippen LogP contribution < -0.4 is 0 Å². The average Bonchev–Trinajstić information content (AvgIpc) is 2.54. The lowest BCUT2D eigenvalue weighted by Crippen LogP contribution is -2.09. The maximum atomic E-state index is 12.7. The maximum Gasteiger partial charge on any atom is 0.435 e. The van der Waals surface area contributed by atoms with Crippen molar-refractivity contribution in [2.45, 2.75) is 26.9 Å². The van der Waals surface area contributed by atoms with Crippen LogP contribution in [0.15, 0.2) is 6.07 Å². The van der Waals surface area contributed by atoms with E-state index in [9.17, 15) is 13.2 Å². The Morgan fingerprint density at radius 1 is 1.16 bits per heavy atom. The fourth-order valence-corrected chi connectivity index (χ4v) is 1.92. The van der Waals surface area contributed by atoms with Crippen molar-refractivity contribution in [3.63, 3.8) is 0 Å².